The summed E-state index contributed by atoms with van der Waals surface area (Å²) in [7, 11) is 1.60. The van der Waals surface area contributed by atoms with E-state index in [4.69, 9.17) is 81.0 Å². The third-order valence-corrected chi connectivity index (χ3v) is 22.2. The van der Waals surface area contributed by atoms with Gasteiger partial charge in [0.05, 0.1) is 117 Å². The van der Waals surface area contributed by atoms with Gasteiger partial charge in [-0.1, -0.05) is 85.3 Å². The van der Waals surface area contributed by atoms with Gasteiger partial charge < -0.3 is 71.1 Å². The Bertz CT molecular complexity index is 6080. The maximum atomic E-state index is 12.4. The SMILES string of the molecule is CC1=C(C)C(=O)C(COC(=O)OCOc2c(Br)cc(Br)c3nc4ccccc4nc23)=C(C)C1=O.CCCOCCOCCOCCOC(=O)OCOc1c(Br)cc(Br)c2nc3ccccc3nc12.COCCOCCOCC(=O)OCOc1c(Br)cc(Br)c2nc3ccccc3nc12.Cc1ccc(COc2c(C)cc(Br)c3nc4ccccc4nc23)cc1. The first kappa shape index (κ1) is 94.2. The second-order valence-electron chi connectivity index (χ2n) is 26.7. The molecular formula is C88H81Br7N8O20. The van der Waals surface area contributed by atoms with Crippen molar-refractivity contribution in [1.82, 2.24) is 39.9 Å². The highest BCUT2D eigenvalue weighted by molar-refractivity contribution is 9.12. The number of fused-ring (bicyclic) bond motifs is 8. The highest BCUT2D eigenvalue weighted by atomic mass is 79.9. The summed E-state index contributed by atoms with van der Waals surface area (Å²) >= 11 is 24.5. The second-order valence-corrected chi connectivity index (χ2v) is 32.6. The highest BCUT2D eigenvalue weighted by Gasteiger charge is 2.29. The number of allylic oxidation sites excluding steroid dienone is 3. The number of Topliss-reactive ketones (excluding diaryl/α,β-unsaturated/α-hetero) is 2. The van der Waals surface area contributed by atoms with E-state index < -0.39 is 25.1 Å². The van der Waals surface area contributed by atoms with Crippen molar-refractivity contribution in [1.29, 1.82) is 0 Å². The molecule has 0 bridgehead atoms. The molecule has 28 nitrogen and oxygen atoms in total. The lowest BCUT2D eigenvalue weighted by Gasteiger charge is -2.18. The zero-order valence-corrected chi connectivity index (χ0v) is 78.6. The van der Waals surface area contributed by atoms with E-state index in [1.54, 1.807) is 33.1 Å². The molecule has 9 aromatic carbocycles. The van der Waals surface area contributed by atoms with Gasteiger partial charge in [0.2, 0.25) is 20.4 Å². The monoisotopic (exact) mass is 2120 g/mol. The van der Waals surface area contributed by atoms with Crippen molar-refractivity contribution in [3.63, 3.8) is 0 Å². The smallest absolute Gasteiger partial charge is 0.486 e. The van der Waals surface area contributed by atoms with Crippen LogP contribution in [0.25, 0.3) is 88.3 Å². The van der Waals surface area contributed by atoms with E-state index in [2.05, 4.69) is 180 Å². The molecule has 0 fully saturated rings. The van der Waals surface area contributed by atoms with E-state index in [1.165, 1.54) is 12.5 Å². The Morgan fingerprint density at radius 3 is 1.07 bits per heavy atom. The summed E-state index contributed by atoms with van der Waals surface area (Å²) in [6, 6.07) is 46.2. The molecule has 35 heteroatoms. The van der Waals surface area contributed by atoms with Gasteiger partial charge in [-0.25, -0.2) is 54.3 Å². The van der Waals surface area contributed by atoms with Gasteiger partial charge in [-0.15, -0.1) is 0 Å². The number of hydrogen-bond acceptors (Lipinski definition) is 28. The summed E-state index contributed by atoms with van der Waals surface area (Å²) in [5.74, 6) is 0.868. The van der Waals surface area contributed by atoms with Gasteiger partial charge >= 0.3 is 18.3 Å². The van der Waals surface area contributed by atoms with Crippen molar-refractivity contribution >= 4 is 230 Å². The van der Waals surface area contributed by atoms with Crippen LogP contribution in [0.2, 0.25) is 0 Å². The molecule has 0 amide bonds. The van der Waals surface area contributed by atoms with Crippen LogP contribution in [0.15, 0.2) is 199 Å². The maximum Gasteiger partial charge on any atom is 0.511 e. The van der Waals surface area contributed by atoms with Crippen LogP contribution in [0.3, 0.4) is 0 Å². The number of hydrogen-bond donors (Lipinski definition) is 0. The summed E-state index contributed by atoms with van der Waals surface area (Å²) in [6.07, 6.45) is -0.914. The van der Waals surface area contributed by atoms with Crippen LogP contribution >= 0.6 is 112 Å². The average Bonchev–Trinajstić information content (AvgIpc) is 0.786. The third-order valence-electron chi connectivity index (χ3n) is 18.1. The van der Waals surface area contributed by atoms with Gasteiger partial charge in [0.25, 0.3) is 0 Å². The molecule has 0 N–H and O–H groups in total. The molecular weight excluding hydrogens is 2050 g/mol. The number of esters is 1. The minimum atomic E-state index is -1.04. The molecule has 0 aliphatic heterocycles. The summed E-state index contributed by atoms with van der Waals surface area (Å²) < 4.78 is 84.7. The van der Waals surface area contributed by atoms with Crippen molar-refractivity contribution < 1.29 is 95.0 Å². The lowest BCUT2D eigenvalue weighted by atomic mass is 9.86. The van der Waals surface area contributed by atoms with Crippen molar-refractivity contribution in [3.05, 3.63) is 216 Å². The number of ether oxygens (including phenoxy) is 15. The van der Waals surface area contributed by atoms with Gasteiger partial charge in [0.1, 0.15) is 70.6 Å². The number of aryl methyl sites for hydroxylation is 2. The quantitative estimate of drug-likeness (QED) is 0.00921. The Hall–Kier alpha value is -9.47. The number of ketones is 2. The lowest BCUT2D eigenvalue weighted by Crippen LogP contribution is -2.24. The number of benzene rings is 9. The first-order chi connectivity index (χ1) is 59.5. The lowest BCUT2D eigenvalue weighted by molar-refractivity contribution is -0.156. The Morgan fingerprint density at radius 1 is 0.325 bits per heavy atom. The zero-order chi connectivity index (χ0) is 87.5. The predicted molar refractivity (Wildman–Crippen MR) is 487 cm³/mol. The average molecular weight is 2130 g/mol. The number of carbonyl (C=O) groups is 5. The standard InChI is InChI=1S/C24H18Br2N2O6.C23H26Br2N2O7.C21H17BrN2O.C20H20Br2N2O6/c1-11-12(2)22(30)14(13(3)21(11)29)9-32-24(31)34-10-33-23-16(26)8-15(25)19-20(23)28-18-7-5-4-6-17(18)27-19;1-2-7-29-8-9-30-10-11-31-12-13-32-23(28)34-15-33-22-17(25)14-16(24)20-21(22)27-19-6-4-3-5-18(19)26-20;1-13-7-9-15(10-8-13)12-25-21-14(2)11-16(22)19-20(21)24-18-6-4-3-5-17(18)23-19;1-26-6-7-27-8-9-28-11-17(25)29-12-30-20-14(22)10-13(21)18-19(20)24-16-5-3-2-4-15(16)23-18/h4-8H,9-10H2,1-3H3;3-6,14H,2,7-13,15H2,1H3;3-11H,12H2,1-2H3;2-5,10H,6-9,11-12H2,1H3. The Morgan fingerprint density at radius 2 is 0.667 bits per heavy atom. The van der Waals surface area contributed by atoms with Crippen LogP contribution < -0.4 is 18.9 Å². The van der Waals surface area contributed by atoms with Crippen LogP contribution in [0.1, 0.15) is 50.8 Å². The topological polar surface area (TPSA) is 327 Å². The molecule has 0 saturated heterocycles. The molecule has 14 rings (SSSR count). The maximum absolute atomic E-state index is 12.4. The van der Waals surface area contributed by atoms with E-state index in [-0.39, 0.29) is 69.3 Å². The minimum Gasteiger partial charge on any atom is -0.486 e. The van der Waals surface area contributed by atoms with E-state index in [1.807, 2.05) is 116 Å². The molecule has 13 aromatic rings. The molecule has 642 valence electrons. The van der Waals surface area contributed by atoms with Gasteiger partial charge in [0, 0.05) is 53.9 Å². The third kappa shape index (κ3) is 25.9. The van der Waals surface area contributed by atoms with Crippen molar-refractivity contribution in [3.8, 4) is 23.0 Å². The summed E-state index contributed by atoms with van der Waals surface area (Å²) in [6.45, 7) is 14.3. The van der Waals surface area contributed by atoms with Crippen molar-refractivity contribution in [2.24, 2.45) is 0 Å². The van der Waals surface area contributed by atoms with Gasteiger partial charge in [0.15, 0.2) is 34.6 Å². The molecule has 4 heterocycles. The number of para-hydroxylation sites is 8. The number of rotatable bonds is 33. The van der Waals surface area contributed by atoms with Crippen LogP contribution in [0.4, 0.5) is 9.59 Å². The molecule has 0 radical (unpaired) electrons. The Labute approximate surface area is 764 Å². The van der Waals surface area contributed by atoms with Crippen molar-refractivity contribution in [2.45, 2.75) is 54.6 Å². The van der Waals surface area contributed by atoms with Gasteiger partial charge in [-0.2, -0.15) is 0 Å². The molecule has 123 heavy (non-hydrogen) atoms. The normalized spacial score (nSPS) is 12.0. The largest absolute Gasteiger partial charge is 0.511 e. The summed E-state index contributed by atoms with van der Waals surface area (Å²) in [5, 5.41) is 0. The summed E-state index contributed by atoms with van der Waals surface area (Å²) in [5.41, 5.74) is 15.7. The fourth-order valence-electron chi connectivity index (χ4n) is 11.7. The molecule has 0 unspecified atom stereocenters. The van der Waals surface area contributed by atoms with Crippen LogP contribution in [-0.2, 0) is 73.1 Å². The molecule has 0 atom stereocenters. The predicted octanol–water partition coefficient (Wildman–Crippen LogP) is 20.5. The van der Waals surface area contributed by atoms with E-state index in [9.17, 15) is 24.0 Å². The van der Waals surface area contributed by atoms with Crippen LogP contribution in [0, 0.1) is 13.8 Å². The number of nitrogens with zero attached hydrogens (tertiary/aromatic N) is 8. The zero-order valence-electron chi connectivity index (χ0n) is 67.5. The Balaban J connectivity index is 0.000000161. The number of halogens is 7. The first-order valence-electron chi connectivity index (χ1n) is 38.1. The van der Waals surface area contributed by atoms with Gasteiger partial charge in [-0.05, 0) is 236 Å². The van der Waals surface area contributed by atoms with E-state index in [0.717, 1.165) is 97.4 Å². The molecule has 0 saturated carbocycles. The van der Waals surface area contributed by atoms with Gasteiger partial charge in [-0.3, -0.25) is 9.59 Å². The number of aromatic nitrogens is 8. The van der Waals surface area contributed by atoms with Crippen molar-refractivity contribution in [2.75, 3.05) is 113 Å². The Kier molecular flexibility index (Phi) is 36.0. The number of carbonyl (C=O) groups excluding carboxylic acids is 5. The molecule has 4 aromatic heterocycles. The van der Waals surface area contributed by atoms with E-state index >= 15 is 0 Å². The number of methoxy groups -OCH3 is 1. The second kappa shape index (κ2) is 47.0. The fourth-order valence-corrected chi connectivity index (χ4v) is 16.4. The highest BCUT2D eigenvalue weighted by Crippen LogP contribution is 2.42. The molecule has 0 spiro atoms. The molecule has 1 aliphatic rings. The minimum absolute atomic E-state index is 0.0564. The van der Waals surface area contributed by atoms with Crippen LogP contribution in [0.5, 0.6) is 23.0 Å². The van der Waals surface area contributed by atoms with Crippen LogP contribution in [-0.4, -0.2) is 183 Å². The summed E-state index contributed by atoms with van der Waals surface area (Å²) in [4.78, 5) is 97.8. The van der Waals surface area contributed by atoms with E-state index in [0.29, 0.717) is 133 Å². The molecule has 1 aliphatic carbocycles. The fraction of sp³-hybridized carbons (Fsp3) is 0.284. The first-order valence-corrected chi connectivity index (χ1v) is 43.7.